The van der Waals surface area contributed by atoms with E-state index in [1.54, 1.807) is 6.07 Å². The van der Waals surface area contributed by atoms with Gasteiger partial charge in [0.05, 0.1) is 11.5 Å². The van der Waals surface area contributed by atoms with Gasteiger partial charge in [-0.1, -0.05) is 54.1 Å². The highest BCUT2D eigenvalue weighted by atomic mass is 16.3. The zero-order valence-corrected chi connectivity index (χ0v) is 11.1. The van der Waals surface area contributed by atoms with Crippen molar-refractivity contribution in [3.05, 3.63) is 70.8 Å². The maximum Gasteiger partial charge on any atom is 0.176 e. The zero-order valence-electron chi connectivity index (χ0n) is 11.1. The third-order valence-electron chi connectivity index (χ3n) is 4.17. The van der Waals surface area contributed by atoms with E-state index in [1.165, 1.54) is 0 Å². The Bertz CT molecular complexity index is 643. The van der Waals surface area contributed by atoms with Crippen LogP contribution in [-0.2, 0) is 5.41 Å². The van der Waals surface area contributed by atoms with Crippen molar-refractivity contribution in [2.75, 3.05) is 0 Å². The predicted octanol–water partition coefficient (Wildman–Crippen LogP) is 3.18. The molecule has 2 heteroatoms. The van der Waals surface area contributed by atoms with E-state index >= 15 is 0 Å². The Morgan fingerprint density at radius 3 is 2.32 bits per heavy atom. The van der Waals surface area contributed by atoms with E-state index in [0.29, 0.717) is 5.56 Å². The van der Waals surface area contributed by atoms with Gasteiger partial charge >= 0.3 is 0 Å². The fraction of sp³-hybridized carbons (Fsp3) is 0.235. The highest BCUT2D eigenvalue weighted by molar-refractivity contribution is 6.08. The number of hydrogen-bond donors (Lipinski definition) is 1. The van der Waals surface area contributed by atoms with E-state index in [2.05, 4.69) is 0 Å². The SMILES string of the molecule is Cc1ccc(C2(C)C(=O)c3ccccc3C2O)cc1. The maximum atomic E-state index is 12.7. The molecule has 19 heavy (non-hydrogen) atoms. The number of benzene rings is 2. The Kier molecular flexibility index (Phi) is 2.58. The van der Waals surface area contributed by atoms with Gasteiger partial charge in [-0.3, -0.25) is 4.79 Å². The van der Waals surface area contributed by atoms with Crippen LogP contribution in [-0.4, -0.2) is 10.9 Å². The fourth-order valence-corrected chi connectivity index (χ4v) is 2.85. The highest BCUT2D eigenvalue weighted by Crippen LogP contribution is 2.47. The molecule has 96 valence electrons. The summed E-state index contributed by atoms with van der Waals surface area (Å²) in [5.41, 5.74) is 2.50. The Balaban J connectivity index is 2.16. The summed E-state index contributed by atoms with van der Waals surface area (Å²) in [5, 5.41) is 10.6. The molecule has 0 bridgehead atoms. The monoisotopic (exact) mass is 252 g/mol. The zero-order chi connectivity index (χ0) is 13.6. The highest BCUT2D eigenvalue weighted by Gasteiger charge is 2.50. The number of Topliss-reactive ketones (excluding diaryl/α,β-unsaturated/α-hetero) is 1. The first-order valence-corrected chi connectivity index (χ1v) is 6.44. The van der Waals surface area contributed by atoms with E-state index in [1.807, 2.05) is 56.3 Å². The summed E-state index contributed by atoms with van der Waals surface area (Å²) in [5.74, 6) is -0.000506. The minimum atomic E-state index is -0.878. The summed E-state index contributed by atoms with van der Waals surface area (Å²) in [6.07, 6.45) is -0.779. The summed E-state index contributed by atoms with van der Waals surface area (Å²) in [6, 6.07) is 15.1. The number of aliphatic hydroxyl groups is 1. The van der Waals surface area contributed by atoms with Crippen molar-refractivity contribution in [2.45, 2.75) is 25.4 Å². The Hall–Kier alpha value is -1.93. The number of hydrogen-bond acceptors (Lipinski definition) is 2. The van der Waals surface area contributed by atoms with Crippen molar-refractivity contribution in [3.63, 3.8) is 0 Å². The molecule has 0 aliphatic heterocycles. The van der Waals surface area contributed by atoms with E-state index in [4.69, 9.17) is 0 Å². The van der Waals surface area contributed by atoms with Gasteiger partial charge in [0.25, 0.3) is 0 Å². The number of rotatable bonds is 1. The molecular formula is C17H16O2. The van der Waals surface area contributed by atoms with Crippen LogP contribution in [0.25, 0.3) is 0 Å². The smallest absolute Gasteiger partial charge is 0.176 e. The van der Waals surface area contributed by atoms with Crippen LogP contribution in [0.4, 0.5) is 0 Å². The molecule has 0 amide bonds. The molecule has 0 saturated carbocycles. The molecular weight excluding hydrogens is 236 g/mol. The van der Waals surface area contributed by atoms with Gasteiger partial charge in [-0.2, -0.15) is 0 Å². The van der Waals surface area contributed by atoms with Crippen molar-refractivity contribution >= 4 is 5.78 Å². The van der Waals surface area contributed by atoms with Crippen LogP contribution >= 0.6 is 0 Å². The minimum absolute atomic E-state index is 0.000506. The van der Waals surface area contributed by atoms with Crippen molar-refractivity contribution in [1.82, 2.24) is 0 Å². The van der Waals surface area contributed by atoms with Gasteiger partial charge < -0.3 is 5.11 Å². The number of carbonyl (C=O) groups excluding carboxylic acids is 1. The molecule has 0 spiro atoms. The van der Waals surface area contributed by atoms with Gasteiger partial charge in [-0.25, -0.2) is 0 Å². The molecule has 1 aliphatic carbocycles. The molecule has 1 aliphatic rings. The first-order valence-electron chi connectivity index (χ1n) is 6.44. The maximum absolute atomic E-state index is 12.7. The molecule has 0 fully saturated rings. The number of aliphatic hydroxyl groups excluding tert-OH is 1. The first kappa shape index (κ1) is 12.1. The molecule has 0 saturated heterocycles. The van der Waals surface area contributed by atoms with Crippen LogP contribution < -0.4 is 0 Å². The average Bonchev–Trinajstić information content (AvgIpc) is 2.63. The van der Waals surface area contributed by atoms with Gasteiger partial charge in [0, 0.05) is 5.56 Å². The van der Waals surface area contributed by atoms with Crippen molar-refractivity contribution < 1.29 is 9.90 Å². The molecule has 0 radical (unpaired) electrons. The molecule has 2 aromatic rings. The second-order valence-corrected chi connectivity index (χ2v) is 5.39. The van der Waals surface area contributed by atoms with Crippen LogP contribution in [0, 0.1) is 6.92 Å². The second-order valence-electron chi connectivity index (χ2n) is 5.39. The average molecular weight is 252 g/mol. The molecule has 2 aromatic carbocycles. The summed E-state index contributed by atoms with van der Waals surface area (Å²) in [6.45, 7) is 3.83. The van der Waals surface area contributed by atoms with E-state index < -0.39 is 11.5 Å². The van der Waals surface area contributed by atoms with Crippen LogP contribution in [0.15, 0.2) is 48.5 Å². The Morgan fingerprint density at radius 1 is 1.05 bits per heavy atom. The lowest BCUT2D eigenvalue weighted by molar-refractivity contribution is 0.0684. The third kappa shape index (κ3) is 1.57. The summed E-state index contributed by atoms with van der Waals surface area (Å²) in [7, 11) is 0. The summed E-state index contributed by atoms with van der Waals surface area (Å²) in [4.78, 5) is 12.7. The Morgan fingerprint density at radius 2 is 1.68 bits per heavy atom. The normalized spacial score (nSPS) is 25.4. The van der Waals surface area contributed by atoms with Gasteiger partial charge in [0.1, 0.15) is 0 Å². The lowest BCUT2D eigenvalue weighted by Crippen LogP contribution is -2.33. The number of aryl methyl sites for hydroxylation is 1. The van der Waals surface area contributed by atoms with Crippen molar-refractivity contribution in [3.8, 4) is 0 Å². The lowest BCUT2D eigenvalue weighted by atomic mass is 9.77. The van der Waals surface area contributed by atoms with E-state index in [-0.39, 0.29) is 5.78 Å². The third-order valence-corrected chi connectivity index (χ3v) is 4.17. The first-order chi connectivity index (χ1) is 9.05. The van der Waals surface area contributed by atoms with E-state index in [9.17, 15) is 9.90 Å². The largest absolute Gasteiger partial charge is 0.387 e. The Labute approximate surface area is 112 Å². The molecule has 0 aromatic heterocycles. The number of fused-ring (bicyclic) bond motifs is 1. The quantitative estimate of drug-likeness (QED) is 0.846. The van der Waals surface area contributed by atoms with Gasteiger partial charge in [0.15, 0.2) is 5.78 Å². The van der Waals surface area contributed by atoms with Gasteiger partial charge in [-0.05, 0) is 25.0 Å². The molecule has 2 unspecified atom stereocenters. The van der Waals surface area contributed by atoms with Crippen molar-refractivity contribution in [1.29, 1.82) is 0 Å². The number of ketones is 1. The molecule has 1 N–H and O–H groups in total. The summed E-state index contributed by atoms with van der Waals surface area (Å²) < 4.78 is 0. The van der Waals surface area contributed by atoms with Crippen LogP contribution in [0.1, 0.15) is 40.1 Å². The topological polar surface area (TPSA) is 37.3 Å². The molecule has 0 heterocycles. The minimum Gasteiger partial charge on any atom is -0.387 e. The fourth-order valence-electron chi connectivity index (χ4n) is 2.85. The molecule has 2 atom stereocenters. The molecule has 2 nitrogen and oxygen atoms in total. The van der Waals surface area contributed by atoms with Gasteiger partial charge in [0.2, 0.25) is 0 Å². The van der Waals surface area contributed by atoms with Crippen LogP contribution in [0.3, 0.4) is 0 Å². The van der Waals surface area contributed by atoms with Crippen molar-refractivity contribution in [2.24, 2.45) is 0 Å². The second kappa shape index (κ2) is 4.04. The number of carbonyl (C=O) groups is 1. The van der Waals surface area contributed by atoms with E-state index in [0.717, 1.165) is 16.7 Å². The predicted molar refractivity (Wildman–Crippen MR) is 74.3 cm³/mol. The lowest BCUT2D eigenvalue weighted by Gasteiger charge is -2.27. The summed E-state index contributed by atoms with van der Waals surface area (Å²) >= 11 is 0. The standard InChI is InChI=1S/C17H16O2/c1-11-7-9-12(10-8-11)17(2)15(18)13-5-3-4-6-14(13)16(17)19/h3-10,15,18H,1-2H3. The van der Waals surface area contributed by atoms with Gasteiger partial charge in [-0.15, -0.1) is 0 Å². The van der Waals surface area contributed by atoms with Crippen LogP contribution in [0.2, 0.25) is 0 Å². The van der Waals surface area contributed by atoms with Crippen LogP contribution in [0.5, 0.6) is 0 Å². The molecule has 3 rings (SSSR count).